The minimum absolute atomic E-state index is 0.0934. The van der Waals surface area contributed by atoms with Crippen molar-refractivity contribution in [1.29, 1.82) is 0 Å². The molecule has 0 aromatic heterocycles. The standard InChI is InChI=1S/C15H24N2O4S/c1-4-12-22(19,20)16-10-11-17(13(3)18)14-6-8-15(9-7-14)21-5-2/h6-9,16H,4-5,10-12H2,1-3H3. The molecule has 1 aromatic carbocycles. The van der Waals surface area contributed by atoms with Crippen LogP contribution in [0.15, 0.2) is 24.3 Å². The van der Waals surface area contributed by atoms with Crippen LogP contribution < -0.4 is 14.4 Å². The van der Waals surface area contributed by atoms with Gasteiger partial charge in [0, 0.05) is 25.7 Å². The Labute approximate surface area is 132 Å². The van der Waals surface area contributed by atoms with Gasteiger partial charge in [-0.1, -0.05) is 6.92 Å². The molecule has 0 radical (unpaired) electrons. The van der Waals surface area contributed by atoms with E-state index >= 15 is 0 Å². The summed E-state index contributed by atoms with van der Waals surface area (Å²) in [6, 6.07) is 7.14. The molecule has 0 heterocycles. The van der Waals surface area contributed by atoms with Crippen molar-refractivity contribution in [1.82, 2.24) is 4.72 Å². The normalized spacial score (nSPS) is 11.2. The molecular formula is C15H24N2O4S. The van der Waals surface area contributed by atoms with Gasteiger partial charge in [-0.05, 0) is 37.6 Å². The van der Waals surface area contributed by atoms with E-state index in [2.05, 4.69) is 4.72 Å². The van der Waals surface area contributed by atoms with Crippen LogP contribution in [0.3, 0.4) is 0 Å². The van der Waals surface area contributed by atoms with Gasteiger partial charge in [-0.25, -0.2) is 13.1 Å². The third kappa shape index (κ3) is 6.03. The summed E-state index contributed by atoms with van der Waals surface area (Å²) in [7, 11) is -3.26. The van der Waals surface area contributed by atoms with E-state index < -0.39 is 10.0 Å². The molecule has 0 saturated heterocycles. The Kier molecular flexibility index (Phi) is 7.34. The molecule has 0 aliphatic carbocycles. The molecule has 1 amide bonds. The Morgan fingerprint density at radius 2 is 1.86 bits per heavy atom. The SMILES string of the molecule is CCCS(=O)(=O)NCCN(C(C)=O)c1ccc(OCC)cc1. The van der Waals surface area contributed by atoms with Crippen LogP contribution in [-0.2, 0) is 14.8 Å². The quantitative estimate of drug-likeness (QED) is 0.749. The van der Waals surface area contributed by atoms with Gasteiger partial charge in [0.2, 0.25) is 15.9 Å². The van der Waals surface area contributed by atoms with Gasteiger partial charge in [0.1, 0.15) is 5.75 Å². The number of carbonyl (C=O) groups is 1. The molecule has 0 unspecified atom stereocenters. The first-order valence-corrected chi connectivity index (χ1v) is 9.03. The number of ether oxygens (including phenoxy) is 1. The second-order valence-electron chi connectivity index (χ2n) is 4.81. The van der Waals surface area contributed by atoms with E-state index in [9.17, 15) is 13.2 Å². The van der Waals surface area contributed by atoms with Crippen molar-refractivity contribution in [2.75, 3.05) is 30.3 Å². The molecule has 1 N–H and O–H groups in total. The van der Waals surface area contributed by atoms with Gasteiger partial charge < -0.3 is 9.64 Å². The molecule has 0 aliphatic heterocycles. The first kappa shape index (κ1) is 18.4. The summed E-state index contributed by atoms with van der Waals surface area (Å²) >= 11 is 0. The fourth-order valence-electron chi connectivity index (χ4n) is 2.01. The molecule has 1 aromatic rings. The van der Waals surface area contributed by atoms with Crippen LogP contribution in [-0.4, -0.2) is 39.8 Å². The lowest BCUT2D eigenvalue weighted by atomic mass is 10.2. The minimum Gasteiger partial charge on any atom is -0.494 e. The van der Waals surface area contributed by atoms with Crippen LogP contribution in [0.1, 0.15) is 27.2 Å². The molecule has 0 aliphatic rings. The number of nitrogens with one attached hydrogen (secondary N) is 1. The molecule has 124 valence electrons. The molecule has 0 fully saturated rings. The van der Waals surface area contributed by atoms with E-state index in [1.807, 2.05) is 6.92 Å². The molecule has 1 rings (SSSR count). The summed E-state index contributed by atoms with van der Waals surface area (Å²) < 4.78 is 31.1. The van der Waals surface area contributed by atoms with Gasteiger partial charge in [-0.3, -0.25) is 4.79 Å². The third-order valence-electron chi connectivity index (χ3n) is 2.97. The lowest BCUT2D eigenvalue weighted by Gasteiger charge is -2.21. The van der Waals surface area contributed by atoms with Crippen LogP contribution in [0, 0.1) is 0 Å². The van der Waals surface area contributed by atoms with Crippen LogP contribution in [0.5, 0.6) is 5.75 Å². The maximum absolute atomic E-state index is 11.8. The van der Waals surface area contributed by atoms with Gasteiger partial charge >= 0.3 is 0 Å². The van der Waals surface area contributed by atoms with Gasteiger partial charge in [-0.15, -0.1) is 0 Å². The Bertz CT molecular complexity index is 570. The monoisotopic (exact) mass is 328 g/mol. The molecule has 7 heteroatoms. The third-order valence-corrected chi connectivity index (χ3v) is 4.56. The van der Waals surface area contributed by atoms with Gasteiger partial charge in [0.05, 0.1) is 12.4 Å². The zero-order chi connectivity index (χ0) is 16.6. The fraction of sp³-hybridized carbons (Fsp3) is 0.533. The highest BCUT2D eigenvalue weighted by Gasteiger charge is 2.13. The highest BCUT2D eigenvalue weighted by Crippen LogP contribution is 2.19. The van der Waals surface area contributed by atoms with E-state index in [1.165, 1.54) is 11.8 Å². The summed E-state index contributed by atoms with van der Waals surface area (Å²) in [5.74, 6) is 0.688. The first-order chi connectivity index (χ1) is 10.4. The number of hydrogen-bond donors (Lipinski definition) is 1. The van der Waals surface area contributed by atoms with Crippen molar-refractivity contribution in [2.45, 2.75) is 27.2 Å². The van der Waals surface area contributed by atoms with Gasteiger partial charge in [-0.2, -0.15) is 0 Å². The van der Waals surface area contributed by atoms with Crippen LogP contribution in [0.4, 0.5) is 5.69 Å². The second-order valence-corrected chi connectivity index (χ2v) is 6.74. The van der Waals surface area contributed by atoms with Crippen molar-refractivity contribution >= 4 is 21.6 Å². The lowest BCUT2D eigenvalue weighted by molar-refractivity contribution is -0.116. The smallest absolute Gasteiger partial charge is 0.223 e. The number of nitrogens with zero attached hydrogens (tertiary/aromatic N) is 1. The van der Waals surface area contributed by atoms with Crippen molar-refractivity contribution < 1.29 is 17.9 Å². The lowest BCUT2D eigenvalue weighted by Crippen LogP contribution is -2.38. The van der Waals surface area contributed by atoms with E-state index in [-0.39, 0.29) is 24.7 Å². The number of amides is 1. The van der Waals surface area contributed by atoms with E-state index in [0.29, 0.717) is 18.7 Å². The summed E-state index contributed by atoms with van der Waals surface area (Å²) in [6.07, 6.45) is 0.560. The van der Waals surface area contributed by atoms with Gasteiger partial charge in [0.15, 0.2) is 0 Å². The number of carbonyl (C=O) groups excluding carboxylic acids is 1. The zero-order valence-corrected chi connectivity index (χ0v) is 14.1. The Hall–Kier alpha value is -1.60. The van der Waals surface area contributed by atoms with Crippen molar-refractivity contribution in [3.05, 3.63) is 24.3 Å². The summed E-state index contributed by atoms with van der Waals surface area (Å²) in [4.78, 5) is 13.3. The molecule has 0 atom stereocenters. The van der Waals surface area contributed by atoms with Crippen LogP contribution >= 0.6 is 0 Å². The number of sulfonamides is 1. The predicted molar refractivity (Wildman–Crippen MR) is 87.7 cm³/mol. The second kappa shape index (κ2) is 8.75. The van der Waals surface area contributed by atoms with E-state index in [0.717, 1.165) is 5.75 Å². The molecule has 0 spiro atoms. The zero-order valence-electron chi connectivity index (χ0n) is 13.3. The average molecular weight is 328 g/mol. The van der Waals surface area contributed by atoms with Crippen molar-refractivity contribution in [3.63, 3.8) is 0 Å². The van der Waals surface area contributed by atoms with Gasteiger partial charge in [0.25, 0.3) is 0 Å². The minimum atomic E-state index is -3.26. The fourth-order valence-corrected chi connectivity index (χ4v) is 3.10. The van der Waals surface area contributed by atoms with Crippen molar-refractivity contribution in [3.8, 4) is 5.75 Å². The molecule has 22 heavy (non-hydrogen) atoms. The van der Waals surface area contributed by atoms with Crippen molar-refractivity contribution in [2.24, 2.45) is 0 Å². The van der Waals surface area contributed by atoms with E-state index in [4.69, 9.17) is 4.74 Å². The largest absolute Gasteiger partial charge is 0.494 e. The highest BCUT2D eigenvalue weighted by atomic mass is 32.2. The highest BCUT2D eigenvalue weighted by molar-refractivity contribution is 7.89. The Morgan fingerprint density at radius 3 is 2.36 bits per heavy atom. The first-order valence-electron chi connectivity index (χ1n) is 7.38. The maximum Gasteiger partial charge on any atom is 0.223 e. The summed E-state index contributed by atoms with van der Waals surface area (Å²) in [6.45, 7) is 6.21. The maximum atomic E-state index is 11.8. The summed E-state index contributed by atoms with van der Waals surface area (Å²) in [5.41, 5.74) is 0.714. The number of anilines is 1. The topological polar surface area (TPSA) is 75.7 Å². The Balaban J connectivity index is 2.68. The number of benzene rings is 1. The molecule has 0 saturated carbocycles. The number of rotatable bonds is 9. The molecule has 6 nitrogen and oxygen atoms in total. The van der Waals surface area contributed by atoms with Crippen LogP contribution in [0.2, 0.25) is 0 Å². The van der Waals surface area contributed by atoms with E-state index in [1.54, 1.807) is 31.2 Å². The molecular weight excluding hydrogens is 304 g/mol. The number of hydrogen-bond acceptors (Lipinski definition) is 4. The predicted octanol–water partition coefficient (Wildman–Crippen LogP) is 1.77. The average Bonchev–Trinajstić information content (AvgIpc) is 2.44. The summed E-state index contributed by atoms with van der Waals surface area (Å²) in [5, 5.41) is 0. The Morgan fingerprint density at radius 1 is 1.23 bits per heavy atom. The van der Waals surface area contributed by atoms with Crippen LogP contribution in [0.25, 0.3) is 0 Å². The molecule has 0 bridgehead atoms.